The average molecular weight is 313 g/mol. The zero-order chi connectivity index (χ0) is 13.0. The van der Waals surface area contributed by atoms with E-state index in [1.807, 2.05) is 6.07 Å². The maximum Gasteiger partial charge on any atom is 0.119 e. The fourth-order valence-corrected chi connectivity index (χ4v) is 2.66. The van der Waals surface area contributed by atoms with Crippen LogP contribution in [0.25, 0.3) is 0 Å². The van der Waals surface area contributed by atoms with Gasteiger partial charge < -0.3 is 14.5 Å². The molecule has 0 saturated carbocycles. The van der Waals surface area contributed by atoms with E-state index in [-0.39, 0.29) is 0 Å². The molecular weight excluding hydrogens is 292 g/mol. The molecule has 1 fully saturated rings. The molecule has 18 heavy (non-hydrogen) atoms. The molecular formula is C14H21BrN2O. The highest BCUT2D eigenvalue weighted by Crippen LogP contribution is 2.23. The molecule has 0 aliphatic carbocycles. The number of benzene rings is 1. The van der Waals surface area contributed by atoms with Crippen LogP contribution in [0.15, 0.2) is 22.7 Å². The molecule has 0 bridgehead atoms. The molecule has 1 heterocycles. The molecule has 1 aliphatic rings. The maximum atomic E-state index is 5.27. The molecule has 0 unspecified atom stereocenters. The fraction of sp³-hybridized carbons (Fsp3) is 0.571. The summed E-state index contributed by atoms with van der Waals surface area (Å²) in [7, 11) is 3.91. The van der Waals surface area contributed by atoms with Crippen LogP contribution in [0.2, 0.25) is 0 Å². The SMILES string of the molecule is COc1ccc(Br)c(CCN2CCN(C)CC2)c1. The Labute approximate surface area is 118 Å². The first-order valence-electron chi connectivity index (χ1n) is 6.42. The topological polar surface area (TPSA) is 15.7 Å². The number of hydrogen-bond donors (Lipinski definition) is 0. The minimum Gasteiger partial charge on any atom is -0.497 e. The maximum absolute atomic E-state index is 5.27. The molecule has 2 rings (SSSR count). The van der Waals surface area contributed by atoms with Gasteiger partial charge in [0.05, 0.1) is 7.11 Å². The highest BCUT2D eigenvalue weighted by molar-refractivity contribution is 9.10. The smallest absolute Gasteiger partial charge is 0.119 e. The number of halogens is 1. The van der Waals surface area contributed by atoms with Crippen LogP contribution in [-0.4, -0.2) is 56.7 Å². The molecule has 1 aromatic rings. The van der Waals surface area contributed by atoms with Crippen LogP contribution in [0.3, 0.4) is 0 Å². The van der Waals surface area contributed by atoms with Gasteiger partial charge in [0, 0.05) is 37.2 Å². The van der Waals surface area contributed by atoms with Gasteiger partial charge in [-0.05, 0) is 37.2 Å². The van der Waals surface area contributed by atoms with E-state index >= 15 is 0 Å². The number of rotatable bonds is 4. The number of likely N-dealkylation sites (N-methyl/N-ethyl adjacent to an activating group) is 1. The molecule has 0 N–H and O–H groups in total. The van der Waals surface area contributed by atoms with Gasteiger partial charge >= 0.3 is 0 Å². The Balaban J connectivity index is 1.89. The lowest BCUT2D eigenvalue weighted by molar-refractivity contribution is 0.155. The van der Waals surface area contributed by atoms with E-state index in [9.17, 15) is 0 Å². The summed E-state index contributed by atoms with van der Waals surface area (Å²) in [6.07, 6.45) is 1.07. The standard InChI is InChI=1S/C14H21BrN2O/c1-16-7-9-17(10-8-16)6-5-12-11-13(18-2)3-4-14(12)15/h3-4,11H,5-10H2,1-2H3. The third-order valence-electron chi connectivity index (χ3n) is 3.55. The van der Waals surface area contributed by atoms with Crippen LogP contribution < -0.4 is 4.74 Å². The largest absolute Gasteiger partial charge is 0.497 e. The third-order valence-corrected chi connectivity index (χ3v) is 4.32. The van der Waals surface area contributed by atoms with Crippen molar-refractivity contribution in [2.45, 2.75) is 6.42 Å². The second kappa shape index (κ2) is 6.55. The van der Waals surface area contributed by atoms with Gasteiger partial charge in [0.15, 0.2) is 0 Å². The van der Waals surface area contributed by atoms with E-state index in [0.29, 0.717) is 0 Å². The molecule has 3 nitrogen and oxygen atoms in total. The normalized spacial score (nSPS) is 17.9. The summed E-state index contributed by atoms with van der Waals surface area (Å²) in [4.78, 5) is 4.92. The fourth-order valence-electron chi connectivity index (χ4n) is 2.22. The van der Waals surface area contributed by atoms with Gasteiger partial charge in [0.2, 0.25) is 0 Å². The molecule has 100 valence electrons. The monoisotopic (exact) mass is 312 g/mol. The van der Waals surface area contributed by atoms with Crippen molar-refractivity contribution < 1.29 is 4.74 Å². The molecule has 0 radical (unpaired) electrons. The van der Waals surface area contributed by atoms with Crippen LogP contribution in [0.4, 0.5) is 0 Å². The van der Waals surface area contributed by atoms with Crippen molar-refractivity contribution in [3.8, 4) is 5.75 Å². The van der Waals surface area contributed by atoms with Crippen LogP contribution >= 0.6 is 15.9 Å². The highest BCUT2D eigenvalue weighted by atomic mass is 79.9. The van der Waals surface area contributed by atoms with Crippen LogP contribution in [0, 0.1) is 0 Å². The summed E-state index contributed by atoms with van der Waals surface area (Å²) in [6.45, 7) is 5.84. The first-order valence-corrected chi connectivity index (χ1v) is 7.21. The number of ether oxygens (including phenoxy) is 1. The van der Waals surface area contributed by atoms with Crippen molar-refractivity contribution in [1.82, 2.24) is 9.80 Å². The predicted molar refractivity (Wildman–Crippen MR) is 78.3 cm³/mol. The summed E-state index contributed by atoms with van der Waals surface area (Å²) in [5.41, 5.74) is 1.33. The van der Waals surface area contributed by atoms with E-state index < -0.39 is 0 Å². The third kappa shape index (κ3) is 3.70. The summed E-state index contributed by atoms with van der Waals surface area (Å²) >= 11 is 3.61. The lowest BCUT2D eigenvalue weighted by Gasteiger charge is -2.32. The number of hydrogen-bond acceptors (Lipinski definition) is 3. The zero-order valence-corrected chi connectivity index (χ0v) is 12.7. The molecule has 4 heteroatoms. The molecule has 1 saturated heterocycles. The highest BCUT2D eigenvalue weighted by Gasteiger charge is 2.13. The van der Waals surface area contributed by atoms with Crippen molar-refractivity contribution in [3.63, 3.8) is 0 Å². The van der Waals surface area contributed by atoms with Gasteiger partial charge in [-0.1, -0.05) is 15.9 Å². The lowest BCUT2D eigenvalue weighted by atomic mass is 10.1. The second-order valence-corrected chi connectivity index (χ2v) is 5.71. The molecule has 0 atom stereocenters. The number of nitrogens with zero attached hydrogens (tertiary/aromatic N) is 2. The van der Waals surface area contributed by atoms with Crippen molar-refractivity contribution in [1.29, 1.82) is 0 Å². The molecule has 1 aromatic carbocycles. The van der Waals surface area contributed by atoms with E-state index in [0.717, 1.165) is 18.7 Å². The lowest BCUT2D eigenvalue weighted by Crippen LogP contribution is -2.45. The number of methoxy groups -OCH3 is 1. The molecule has 0 spiro atoms. The van der Waals surface area contributed by atoms with Gasteiger partial charge in [0.1, 0.15) is 5.75 Å². The predicted octanol–water partition coefficient (Wildman–Crippen LogP) is 2.25. The summed E-state index contributed by atoms with van der Waals surface area (Å²) in [6, 6.07) is 6.18. The summed E-state index contributed by atoms with van der Waals surface area (Å²) in [5.74, 6) is 0.937. The quantitative estimate of drug-likeness (QED) is 0.848. The van der Waals surface area contributed by atoms with E-state index in [2.05, 4.69) is 44.9 Å². The van der Waals surface area contributed by atoms with Crippen molar-refractivity contribution in [3.05, 3.63) is 28.2 Å². The van der Waals surface area contributed by atoms with Crippen molar-refractivity contribution in [2.75, 3.05) is 46.9 Å². The van der Waals surface area contributed by atoms with E-state index in [4.69, 9.17) is 4.74 Å². The Kier molecular flexibility index (Phi) is 5.03. The van der Waals surface area contributed by atoms with Gasteiger partial charge in [-0.3, -0.25) is 0 Å². The molecule has 0 aromatic heterocycles. The first kappa shape index (κ1) is 13.8. The molecule has 0 amide bonds. The Hall–Kier alpha value is -0.580. The summed E-state index contributed by atoms with van der Waals surface area (Å²) < 4.78 is 6.45. The van der Waals surface area contributed by atoms with E-state index in [1.165, 1.54) is 36.2 Å². The minimum absolute atomic E-state index is 0.937. The van der Waals surface area contributed by atoms with Crippen molar-refractivity contribution in [2.24, 2.45) is 0 Å². The Morgan fingerprint density at radius 2 is 1.94 bits per heavy atom. The van der Waals surface area contributed by atoms with E-state index in [1.54, 1.807) is 7.11 Å². The number of piperazine rings is 1. The Morgan fingerprint density at radius 1 is 1.22 bits per heavy atom. The average Bonchev–Trinajstić information content (AvgIpc) is 2.40. The Morgan fingerprint density at radius 3 is 2.61 bits per heavy atom. The molecule has 1 aliphatic heterocycles. The Bertz CT molecular complexity index is 389. The zero-order valence-electron chi connectivity index (χ0n) is 11.2. The van der Waals surface area contributed by atoms with Gasteiger partial charge in [-0.2, -0.15) is 0 Å². The van der Waals surface area contributed by atoms with Gasteiger partial charge in [-0.15, -0.1) is 0 Å². The van der Waals surface area contributed by atoms with Gasteiger partial charge in [0.25, 0.3) is 0 Å². The second-order valence-electron chi connectivity index (χ2n) is 4.85. The van der Waals surface area contributed by atoms with Gasteiger partial charge in [-0.25, -0.2) is 0 Å². The summed E-state index contributed by atoms with van der Waals surface area (Å²) in [5, 5.41) is 0. The first-order chi connectivity index (χ1) is 8.69. The van der Waals surface area contributed by atoms with Crippen LogP contribution in [0.5, 0.6) is 5.75 Å². The van der Waals surface area contributed by atoms with Crippen LogP contribution in [0.1, 0.15) is 5.56 Å². The van der Waals surface area contributed by atoms with Crippen molar-refractivity contribution >= 4 is 15.9 Å². The minimum atomic E-state index is 0.937. The van der Waals surface area contributed by atoms with Crippen LogP contribution in [-0.2, 0) is 6.42 Å².